The van der Waals surface area contributed by atoms with Crippen LogP contribution < -0.4 is 5.32 Å². The topological polar surface area (TPSA) is 56.1 Å². The Labute approximate surface area is 112 Å². The number of amides is 1. The first-order valence-corrected chi connectivity index (χ1v) is 6.06. The molecule has 0 fully saturated rings. The van der Waals surface area contributed by atoms with Crippen LogP contribution in [-0.4, -0.2) is 30.4 Å². The molecule has 5 heteroatoms. The first-order valence-electron chi connectivity index (χ1n) is 5.68. The van der Waals surface area contributed by atoms with E-state index in [1.165, 1.54) is 0 Å². The smallest absolute Gasteiger partial charge is 0.244 e. The number of likely N-dealkylation sites (N-methyl/N-ethyl adjacent to an activating group) is 1. The molecule has 0 saturated carbocycles. The molecule has 0 radical (unpaired) electrons. The van der Waals surface area contributed by atoms with Crippen LogP contribution in [0.4, 0.5) is 5.69 Å². The third kappa shape index (κ3) is 4.27. The van der Waals surface area contributed by atoms with Gasteiger partial charge in [0.15, 0.2) is 0 Å². The fourth-order valence-electron chi connectivity index (χ4n) is 1.52. The predicted molar refractivity (Wildman–Crippen MR) is 72.4 cm³/mol. The average molecular weight is 266 g/mol. The molecule has 0 spiro atoms. The SMILES string of the molecule is CC(Nc1ccc(Cl)cc1)C(=O)N(C)CCC#N. The number of hydrogen-bond acceptors (Lipinski definition) is 3. The van der Waals surface area contributed by atoms with Crippen LogP contribution in [0.1, 0.15) is 13.3 Å². The molecule has 0 heterocycles. The van der Waals surface area contributed by atoms with Crippen LogP contribution in [0.25, 0.3) is 0 Å². The normalized spacial score (nSPS) is 11.4. The molecule has 1 atom stereocenters. The molecule has 1 aromatic rings. The van der Waals surface area contributed by atoms with Gasteiger partial charge < -0.3 is 10.2 Å². The maximum atomic E-state index is 11.9. The molecule has 1 unspecified atom stereocenters. The fourth-order valence-corrected chi connectivity index (χ4v) is 1.64. The highest BCUT2D eigenvalue weighted by Crippen LogP contribution is 2.14. The Hall–Kier alpha value is -1.73. The minimum atomic E-state index is -0.338. The van der Waals surface area contributed by atoms with Gasteiger partial charge in [0.2, 0.25) is 5.91 Å². The van der Waals surface area contributed by atoms with Gasteiger partial charge >= 0.3 is 0 Å². The van der Waals surface area contributed by atoms with Crippen molar-refractivity contribution < 1.29 is 4.79 Å². The molecule has 4 nitrogen and oxygen atoms in total. The van der Waals surface area contributed by atoms with Gasteiger partial charge in [-0.3, -0.25) is 4.79 Å². The van der Waals surface area contributed by atoms with E-state index in [0.29, 0.717) is 18.0 Å². The molecule has 0 saturated heterocycles. The van der Waals surface area contributed by atoms with Gasteiger partial charge in [0.1, 0.15) is 6.04 Å². The van der Waals surface area contributed by atoms with Gasteiger partial charge in [0.25, 0.3) is 0 Å². The van der Waals surface area contributed by atoms with Gasteiger partial charge in [0.05, 0.1) is 12.5 Å². The summed E-state index contributed by atoms with van der Waals surface area (Å²) >= 11 is 5.78. The molecule has 96 valence electrons. The van der Waals surface area contributed by atoms with Crippen molar-refractivity contribution in [3.8, 4) is 6.07 Å². The summed E-state index contributed by atoms with van der Waals surface area (Å²) in [5, 5.41) is 12.2. The van der Waals surface area contributed by atoms with E-state index in [1.807, 2.05) is 18.2 Å². The minimum absolute atomic E-state index is 0.0415. The van der Waals surface area contributed by atoms with Gasteiger partial charge in [0, 0.05) is 24.3 Å². The van der Waals surface area contributed by atoms with E-state index in [9.17, 15) is 4.79 Å². The molecule has 0 aliphatic carbocycles. The highest BCUT2D eigenvalue weighted by molar-refractivity contribution is 6.30. The summed E-state index contributed by atoms with van der Waals surface area (Å²) in [5.74, 6) is -0.0415. The first-order chi connectivity index (χ1) is 8.54. The van der Waals surface area contributed by atoms with Crippen LogP contribution in [0.3, 0.4) is 0 Å². The number of halogens is 1. The van der Waals surface area contributed by atoms with Crippen molar-refractivity contribution in [2.24, 2.45) is 0 Å². The second-order valence-electron chi connectivity index (χ2n) is 4.04. The van der Waals surface area contributed by atoms with Gasteiger partial charge in [-0.1, -0.05) is 11.6 Å². The molecule has 0 aliphatic heterocycles. The average Bonchev–Trinajstić information content (AvgIpc) is 2.37. The standard InChI is InChI=1S/C13H16ClN3O/c1-10(13(18)17(2)9-3-8-15)16-12-6-4-11(14)5-7-12/h4-7,10,16H,3,9H2,1-2H3. The van der Waals surface area contributed by atoms with E-state index in [0.717, 1.165) is 5.69 Å². The van der Waals surface area contributed by atoms with Gasteiger partial charge in [-0.25, -0.2) is 0 Å². The van der Waals surface area contributed by atoms with Crippen molar-refractivity contribution >= 4 is 23.2 Å². The summed E-state index contributed by atoms with van der Waals surface area (Å²) < 4.78 is 0. The lowest BCUT2D eigenvalue weighted by molar-refractivity contribution is -0.130. The van der Waals surface area contributed by atoms with Crippen molar-refractivity contribution in [1.82, 2.24) is 4.90 Å². The summed E-state index contributed by atoms with van der Waals surface area (Å²) in [6.07, 6.45) is 0.343. The van der Waals surface area contributed by atoms with E-state index in [1.54, 1.807) is 31.0 Å². The van der Waals surface area contributed by atoms with Gasteiger partial charge in [-0.05, 0) is 31.2 Å². The number of nitrogens with zero attached hydrogens (tertiary/aromatic N) is 2. The maximum Gasteiger partial charge on any atom is 0.244 e. The molecule has 1 rings (SSSR count). The molecule has 18 heavy (non-hydrogen) atoms. The monoisotopic (exact) mass is 265 g/mol. The lowest BCUT2D eigenvalue weighted by Gasteiger charge is -2.21. The summed E-state index contributed by atoms with van der Waals surface area (Å²) in [6.45, 7) is 2.24. The summed E-state index contributed by atoms with van der Waals surface area (Å²) in [6, 6.07) is 8.85. The zero-order valence-electron chi connectivity index (χ0n) is 10.5. The third-order valence-corrected chi connectivity index (χ3v) is 2.79. The lowest BCUT2D eigenvalue weighted by Crippen LogP contribution is -2.39. The predicted octanol–water partition coefficient (Wildman–Crippen LogP) is 2.51. The first kappa shape index (κ1) is 14.3. The van der Waals surface area contributed by atoms with E-state index in [-0.39, 0.29) is 11.9 Å². The van der Waals surface area contributed by atoms with Crippen LogP contribution in [0.15, 0.2) is 24.3 Å². The lowest BCUT2D eigenvalue weighted by atomic mass is 10.2. The molecular weight excluding hydrogens is 250 g/mol. The Morgan fingerprint density at radius 2 is 2.11 bits per heavy atom. The van der Waals surface area contributed by atoms with Gasteiger partial charge in [-0.2, -0.15) is 5.26 Å². The van der Waals surface area contributed by atoms with E-state index in [4.69, 9.17) is 16.9 Å². The van der Waals surface area contributed by atoms with Crippen molar-refractivity contribution in [3.05, 3.63) is 29.3 Å². The Morgan fingerprint density at radius 1 is 1.50 bits per heavy atom. The van der Waals surface area contributed by atoms with E-state index in [2.05, 4.69) is 5.32 Å². The third-order valence-electron chi connectivity index (χ3n) is 2.53. The molecule has 0 aromatic heterocycles. The molecule has 1 aromatic carbocycles. The molecule has 1 N–H and O–H groups in total. The van der Waals surface area contributed by atoms with Crippen molar-refractivity contribution in [2.45, 2.75) is 19.4 Å². The highest BCUT2D eigenvalue weighted by Gasteiger charge is 2.16. The van der Waals surface area contributed by atoms with Crippen molar-refractivity contribution in [2.75, 3.05) is 18.9 Å². The van der Waals surface area contributed by atoms with Crippen LogP contribution >= 0.6 is 11.6 Å². The van der Waals surface area contributed by atoms with E-state index >= 15 is 0 Å². The number of anilines is 1. The second-order valence-corrected chi connectivity index (χ2v) is 4.48. The van der Waals surface area contributed by atoms with Crippen LogP contribution in [0.2, 0.25) is 5.02 Å². The summed E-state index contributed by atoms with van der Waals surface area (Å²) in [4.78, 5) is 13.5. The number of carbonyl (C=O) groups is 1. The molecule has 0 bridgehead atoms. The zero-order valence-corrected chi connectivity index (χ0v) is 11.2. The number of nitriles is 1. The zero-order chi connectivity index (χ0) is 13.5. The Kier molecular flexibility index (Phi) is 5.47. The minimum Gasteiger partial charge on any atom is -0.374 e. The number of rotatable bonds is 5. The van der Waals surface area contributed by atoms with Gasteiger partial charge in [-0.15, -0.1) is 0 Å². The molecule has 1 amide bonds. The quantitative estimate of drug-likeness (QED) is 0.890. The van der Waals surface area contributed by atoms with E-state index < -0.39 is 0 Å². The number of hydrogen-bond donors (Lipinski definition) is 1. The summed E-state index contributed by atoms with van der Waals surface area (Å²) in [5.41, 5.74) is 0.842. The molecular formula is C13H16ClN3O. The largest absolute Gasteiger partial charge is 0.374 e. The van der Waals surface area contributed by atoms with Crippen LogP contribution in [0.5, 0.6) is 0 Å². The van der Waals surface area contributed by atoms with Crippen molar-refractivity contribution in [3.63, 3.8) is 0 Å². The Morgan fingerprint density at radius 3 is 2.67 bits per heavy atom. The number of benzene rings is 1. The Bertz CT molecular complexity index is 439. The number of nitrogens with one attached hydrogen (secondary N) is 1. The summed E-state index contributed by atoms with van der Waals surface area (Å²) in [7, 11) is 1.69. The fraction of sp³-hybridized carbons (Fsp3) is 0.385. The Balaban J connectivity index is 2.54. The van der Waals surface area contributed by atoms with Crippen LogP contribution in [-0.2, 0) is 4.79 Å². The van der Waals surface area contributed by atoms with Crippen LogP contribution in [0, 0.1) is 11.3 Å². The molecule has 0 aliphatic rings. The van der Waals surface area contributed by atoms with Crippen molar-refractivity contribution in [1.29, 1.82) is 5.26 Å². The number of carbonyl (C=O) groups excluding carboxylic acids is 1. The maximum absolute atomic E-state index is 11.9. The second kappa shape index (κ2) is 6.87. The highest BCUT2D eigenvalue weighted by atomic mass is 35.5.